The van der Waals surface area contributed by atoms with Crippen molar-refractivity contribution in [3.05, 3.63) is 175 Å². The van der Waals surface area contributed by atoms with Gasteiger partial charge in [0.2, 0.25) is 0 Å². The first-order chi connectivity index (χ1) is 25.1. The van der Waals surface area contributed by atoms with Crippen molar-refractivity contribution >= 4 is 49.8 Å². The fraction of sp³-hybridized carbons (Fsp3) is 0.0612. The van der Waals surface area contributed by atoms with Crippen molar-refractivity contribution in [3.8, 4) is 44.5 Å². The fourth-order valence-corrected chi connectivity index (χ4v) is 9.01. The van der Waals surface area contributed by atoms with Crippen molar-refractivity contribution in [2.45, 2.75) is 19.3 Å². The number of rotatable bonds is 4. The van der Waals surface area contributed by atoms with Gasteiger partial charge in [-0.25, -0.2) is 0 Å². The van der Waals surface area contributed by atoms with Crippen molar-refractivity contribution in [3.63, 3.8) is 0 Å². The van der Waals surface area contributed by atoms with E-state index in [1.807, 2.05) is 12.1 Å². The van der Waals surface area contributed by atoms with E-state index in [2.05, 4.69) is 170 Å². The van der Waals surface area contributed by atoms with Gasteiger partial charge in [0.05, 0.1) is 5.69 Å². The second-order valence-corrected chi connectivity index (χ2v) is 14.5. The lowest BCUT2D eigenvalue weighted by molar-refractivity contribution is 0.660. The molecule has 2 nitrogen and oxygen atoms in total. The van der Waals surface area contributed by atoms with Crippen LogP contribution in [0.4, 0.5) is 17.1 Å². The minimum Gasteiger partial charge on any atom is -0.455 e. The predicted molar refractivity (Wildman–Crippen MR) is 213 cm³/mol. The highest BCUT2D eigenvalue weighted by atomic mass is 16.3. The van der Waals surface area contributed by atoms with Gasteiger partial charge in [-0.15, -0.1) is 0 Å². The average molecular weight is 652 g/mol. The Hall–Kier alpha value is -6.38. The molecule has 240 valence electrons. The molecule has 2 aliphatic carbocycles. The first kappa shape index (κ1) is 28.5. The number of furan rings is 1. The molecule has 0 saturated carbocycles. The molecule has 0 saturated heterocycles. The quantitative estimate of drug-likeness (QED) is 0.188. The highest BCUT2D eigenvalue weighted by molar-refractivity contribution is 6.19. The van der Waals surface area contributed by atoms with Gasteiger partial charge in [-0.3, -0.25) is 0 Å². The lowest BCUT2D eigenvalue weighted by Crippen LogP contribution is -2.16. The summed E-state index contributed by atoms with van der Waals surface area (Å²) in [5, 5.41) is 4.86. The van der Waals surface area contributed by atoms with Crippen LogP contribution in [0, 0.1) is 0 Å². The maximum absolute atomic E-state index is 6.44. The normalized spacial score (nSPS) is 13.5. The maximum atomic E-state index is 6.44. The Morgan fingerprint density at radius 1 is 0.431 bits per heavy atom. The Morgan fingerprint density at radius 3 is 1.84 bits per heavy atom. The first-order valence-corrected chi connectivity index (χ1v) is 17.8. The van der Waals surface area contributed by atoms with Crippen LogP contribution < -0.4 is 4.90 Å². The maximum Gasteiger partial charge on any atom is 0.143 e. The second-order valence-electron chi connectivity index (χ2n) is 14.5. The Bertz CT molecular complexity index is 2860. The molecule has 2 heteroatoms. The smallest absolute Gasteiger partial charge is 0.143 e. The van der Waals surface area contributed by atoms with Crippen LogP contribution in [0.1, 0.15) is 25.0 Å². The number of fused-ring (bicyclic) bond motifs is 9. The minimum atomic E-state index is -0.105. The van der Waals surface area contributed by atoms with Gasteiger partial charge in [0.15, 0.2) is 0 Å². The van der Waals surface area contributed by atoms with Crippen LogP contribution in [-0.4, -0.2) is 0 Å². The topological polar surface area (TPSA) is 16.4 Å². The number of para-hydroxylation sites is 2. The Morgan fingerprint density at radius 2 is 1.02 bits per heavy atom. The zero-order valence-corrected chi connectivity index (χ0v) is 28.4. The van der Waals surface area contributed by atoms with E-state index in [0.717, 1.165) is 44.4 Å². The Kier molecular flexibility index (Phi) is 5.76. The van der Waals surface area contributed by atoms with E-state index in [1.54, 1.807) is 0 Å². The fourth-order valence-electron chi connectivity index (χ4n) is 9.01. The summed E-state index contributed by atoms with van der Waals surface area (Å²) in [6.45, 7) is 4.71. The van der Waals surface area contributed by atoms with Gasteiger partial charge in [0.1, 0.15) is 11.2 Å². The van der Waals surface area contributed by atoms with Crippen LogP contribution in [-0.2, 0) is 5.41 Å². The van der Waals surface area contributed by atoms with Gasteiger partial charge in [-0.2, -0.15) is 0 Å². The van der Waals surface area contributed by atoms with Crippen LogP contribution in [0.25, 0.3) is 77.2 Å². The Labute approximate surface area is 296 Å². The van der Waals surface area contributed by atoms with E-state index in [1.165, 1.54) is 61.0 Å². The lowest BCUT2D eigenvalue weighted by atomic mass is 9.82. The largest absolute Gasteiger partial charge is 0.455 e. The monoisotopic (exact) mass is 651 g/mol. The molecule has 0 amide bonds. The zero-order chi connectivity index (χ0) is 33.8. The molecule has 9 aromatic rings. The van der Waals surface area contributed by atoms with E-state index in [4.69, 9.17) is 4.42 Å². The summed E-state index contributed by atoms with van der Waals surface area (Å²) in [4.78, 5) is 2.46. The summed E-state index contributed by atoms with van der Waals surface area (Å²) >= 11 is 0. The van der Waals surface area contributed by atoms with Gasteiger partial charge in [-0.1, -0.05) is 141 Å². The molecule has 1 heterocycles. The van der Waals surface area contributed by atoms with Crippen LogP contribution in [0.15, 0.2) is 168 Å². The summed E-state index contributed by atoms with van der Waals surface area (Å²) in [6.07, 6.45) is 0. The van der Waals surface area contributed by atoms with E-state index in [-0.39, 0.29) is 5.41 Å². The summed E-state index contributed by atoms with van der Waals surface area (Å²) in [6, 6.07) is 59.9. The van der Waals surface area contributed by atoms with Crippen LogP contribution in [0.3, 0.4) is 0 Å². The third-order valence-corrected chi connectivity index (χ3v) is 11.4. The van der Waals surface area contributed by atoms with E-state index < -0.39 is 0 Å². The SMILES string of the molecule is CC1(C)c2ccccc2-c2ccc(N(c3ccc(-c4cccc5c4oc4ccccc45)cc3)c3ccc4c5c(cccc35)-c3ccccc3-4)cc21. The third-order valence-electron chi connectivity index (χ3n) is 11.4. The third kappa shape index (κ3) is 3.93. The highest BCUT2D eigenvalue weighted by Gasteiger charge is 2.36. The van der Waals surface area contributed by atoms with Crippen molar-refractivity contribution in [1.29, 1.82) is 0 Å². The molecular weight excluding hydrogens is 619 g/mol. The molecule has 0 radical (unpaired) electrons. The average Bonchev–Trinajstić information content (AvgIpc) is 3.80. The molecule has 8 aromatic carbocycles. The summed E-state index contributed by atoms with van der Waals surface area (Å²) in [7, 11) is 0. The molecule has 51 heavy (non-hydrogen) atoms. The van der Waals surface area contributed by atoms with Gasteiger partial charge >= 0.3 is 0 Å². The zero-order valence-electron chi connectivity index (χ0n) is 28.4. The predicted octanol–water partition coefficient (Wildman–Crippen LogP) is 13.8. The van der Waals surface area contributed by atoms with Gasteiger partial charge in [0, 0.05) is 38.5 Å². The van der Waals surface area contributed by atoms with Gasteiger partial charge in [0.25, 0.3) is 0 Å². The number of anilines is 3. The second kappa shape index (κ2) is 10.3. The van der Waals surface area contributed by atoms with Crippen LogP contribution in [0.5, 0.6) is 0 Å². The highest BCUT2D eigenvalue weighted by Crippen LogP contribution is 2.53. The van der Waals surface area contributed by atoms with E-state index in [0.29, 0.717) is 0 Å². The molecule has 0 unspecified atom stereocenters. The summed E-state index contributed by atoms with van der Waals surface area (Å²) < 4.78 is 6.44. The molecule has 1 aromatic heterocycles. The molecule has 0 fully saturated rings. The van der Waals surface area contributed by atoms with Gasteiger partial charge < -0.3 is 9.32 Å². The number of hydrogen-bond donors (Lipinski definition) is 0. The van der Waals surface area contributed by atoms with Gasteiger partial charge in [-0.05, 0) is 91.9 Å². The van der Waals surface area contributed by atoms with E-state index in [9.17, 15) is 0 Å². The molecule has 0 N–H and O–H groups in total. The van der Waals surface area contributed by atoms with Crippen molar-refractivity contribution in [2.75, 3.05) is 4.90 Å². The Balaban J connectivity index is 1.11. The lowest BCUT2D eigenvalue weighted by Gasteiger charge is -2.29. The molecule has 2 aliphatic rings. The van der Waals surface area contributed by atoms with E-state index >= 15 is 0 Å². The number of nitrogens with zero attached hydrogens (tertiary/aromatic N) is 1. The van der Waals surface area contributed by atoms with Crippen LogP contribution >= 0.6 is 0 Å². The van der Waals surface area contributed by atoms with Crippen LogP contribution in [0.2, 0.25) is 0 Å². The van der Waals surface area contributed by atoms with Crippen molar-refractivity contribution in [2.24, 2.45) is 0 Å². The molecular formula is C49H33NO. The number of hydrogen-bond acceptors (Lipinski definition) is 2. The minimum absolute atomic E-state index is 0.105. The van der Waals surface area contributed by atoms with Crippen molar-refractivity contribution < 1.29 is 4.42 Å². The molecule has 0 atom stereocenters. The summed E-state index contributed by atoms with van der Waals surface area (Å²) in [5.74, 6) is 0. The molecule has 0 spiro atoms. The molecule has 0 aliphatic heterocycles. The molecule has 11 rings (SSSR count). The first-order valence-electron chi connectivity index (χ1n) is 17.8. The molecule has 0 bridgehead atoms. The summed E-state index contributed by atoms with van der Waals surface area (Å²) in [5.41, 5.74) is 18.0. The van der Waals surface area contributed by atoms with Crippen molar-refractivity contribution in [1.82, 2.24) is 0 Å². The number of benzene rings is 8. The standard InChI is InChI=1S/C49H33NO/c1-49(2)43-19-7-5-13-36(43)37-26-25-32(29-44(37)49)50(45-28-27-40-35-12-4-3-11-34(35)39-16-10-18-42(45)47(39)40)31-23-21-30(22-24-31)33-15-9-17-41-38-14-6-8-20-46(38)51-48(33)41/h3-29H,1-2H3.